The Balaban J connectivity index is 2.27. The molecule has 0 aromatic carbocycles. The van der Waals surface area contributed by atoms with Gasteiger partial charge in [-0.3, -0.25) is 0 Å². The third-order valence-electron chi connectivity index (χ3n) is 3.14. The maximum Gasteiger partial charge on any atom is 0.407 e. The molecule has 0 atom stereocenters. The molecule has 0 heterocycles. The van der Waals surface area contributed by atoms with Crippen molar-refractivity contribution in [3.05, 3.63) is 0 Å². The molecule has 0 spiro atoms. The fraction of sp³-hybridized carbons (Fsp3) is 0.857. The van der Waals surface area contributed by atoms with Gasteiger partial charge in [0.05, 0.1) is 0 Å². The van der Waals surface area contributed by atoms with Gasteiger partial charge in [0, 0.05) is 12.5 Å². The van der Waals surface area contributed by atoms with Crippen molar-refractivity contribution >= 4 is 11.9 Å². The zero-order valence-corrected chi connectivity index (χ0v) is 11.9. The fourth-order valence-corrected chi connectivity index (χ4v) is 2.39. The topological polar surface area (TPSA) is 55.4 Å². The lowest BCUT2D eigenvalue weighted by Gasteiger charge is -2.29. The third kappa shape index (κ3) is 6.03. The van der Waals surface area contributed by atoms with Crippen molar-refractivity contribution in [2.45, 2.75) is 71.4 Å². The highest BCUT2D eigenvalue weighted by Gasteiger charge is 2.25. The van der Waals surface area contributed by atoms with Gasteiger partial charge in [0.15, 0.2) is 0 Å². The lowest BCUT2D eigenvalue weighted by molar-refractivity contribution is -0.118. The van der Waals surface area contributed by atoms with Crippen LogP contribution in [0.3, 0.4) is 0 Å². The van der Waals surface area contributed by atoms with E-state index < -0.39 is 5.60 Å². The standard InChI is InChI=1S/C14H25NO3/c1-10(16)9-11-5-7-12(8-6-11)15-13(17)18-14(2,3)4/h11-12H,5-9H2,1-4H3,(H,15,17). The molecule has 1 amide bonds. The molecule has 0 aliphatic heterocycles. The van der Waals surface area contributed by atoms with Gasteiger partial charge in [-0.1, -0.05) is 0 Å². The molecule has 1 aliphatic rings. The normalized spacial score (nSPS) is 24.4. The Bertz CT molecular complexity index is 299. The van der Waals surface area contributed by atoms with Crippen molar-refractivity contribution in [3.63, 3.8) is 0 Å². The number of alkyl carbamates (subject to hydrolysis) is 1. The summed E-state index contributed by atoms with van der Waals surface area (Å²) in [5, 5.41) is 2.90. The van der Waals surface area contributed by atoms with E-state index in [1.54, 1.807) is 6.92 Å². The van der Waals surface area contributed by atoms with Crippen molar-refractivity contribution in [3.8, 4) is 0 Å². The number of ketones is 1. The first kappa shape index (κ1) is 15.0. The number of rotatable bonds is 3. The van der Waals surface area contributed by atoms with Gasteiger partial charge < -0.3 is 14.8 Å². The van der Waals surface area contributed by atoms with E-state index in [9.17, 15) is 9.59 Å². The molecule has 0 unspecified atom stereocenters. The third-order valence-corrected chi connectivity index (χ3v) is 3.14. The molecule has 0 aromatic heterocycles. The Kier molecular flexibility index (Phi) is 5.17. The molecule has 1 saturated carbocycles. The van der Waals surface area contributed by atoms with Gasteiger partial charge in [-0.2, -0.15) is 0 Å². The second-order valence-electron chi connectivity index (χ2n) is 6.27. The van der Waals surface area contributed by atoms with Crippen molar-refractivity contribution in [2.24, 2.45) is 5.92 Å². The molecule has 18 heavy (non-hydrogen) atoms. The van der Waals surface area contributed by atoms with Crippen LogP contribution in [-0.2, 0) is 9.53 Å². The summed E-state index contributed by atoms with van der Waals surface area (Å²) < 4.78 is 5.23. The molecule has 1 aliphatic carbocycles. The van der Waals surface area contributed by atoms with Crippen LogP contribution >= 0.6 is 0 Å². The van der Waals surface area contributed by atoms with Crippen molar-refractivity contribution in [1.82, 2.24) is 5.32 Å². The number of hydrogen-bond donors (Lipinski definition) is 1. The summed E-state index contributed by atoms with van der Waals surface area (Å²) in [5.41, 5.74) is -0.448. The van der Waals surface area contributed by atoms with Crippen LogP contribution in [0.4, 0.5) is 4.79 Å². The average Bonchev–Trinajstić information content (AvgIpc) is 2.17. The predicted octanol–water partition coefficient (Wildman–Crippen LogP) is 3.05. The number of carbonyl (C=O) groups excluding carboxylic acids is 2. The molecule has 4 heteroatoms. The molecular formula is C14H25NO3. The molecule has 0 aromatic rings. The van der Waals surface area contributed by atoms with Crippen LogP contribution < -0.4 is 5.32 Å². The number of Topliss-reactive ketones (excluding diaryl/α,β-unsaturated/α-hetero) is 1. The molecular weight excluding hydrogens is 230 g/mol. The van der Waals surface area contributed by atoms with E-state index in [0.717, 1.165) is 25.7 Å². The largest absolute Gasteiger partial charge is 0.444 e. The van der Waals surface area contributed by atoms with E-state index in [2.05, 4.69) is 5.32 Å². The average molecular weight is 255 g/mol. The highest BCUT2D eigenvalue weighted by molar-refractivity contribution is 5.75. The Labute approximate surface area is 109 Å². The predicted molar refractivity (Wildman–Crippen MR) is 70.4 cm³/mol. The smallest absolute Gasteiger partial charge is 0.407 e. The lowest BCUT2D eigenvalue weighted by atomic mass is 9.83. The van der Waals surface area contributed by atoms with Crippen molar-refractivity contribution in [2.75, 3.05) is 0 Å². The summed E-state index contributed by atoms with van der Waals surface area (Å²) in [6.45, 7) is 7.22. The van der Waals surface area contributed by atoms with Crippen LogP contribution in [0, 0.1) is 5.92 Å². The van der Waals surface area contributed by atoms with Crippen LogP contribution in [0.25, 0.3) is 0 Å². The molecule has 1 N–H and O–H groups in total. The highest BCUT2D eigenvalue weighted by atomic mass is 16.6. The monoisotopic (exact) mass is 255 g/mol. The minimum Gasteiger partial charge on any atom is -0.444 e. The summed E-state index contributed by atoms with van der Waals surface area (Å²) in [6, 6.07) is 0.197. The van der Waals surface area contributed by atoms with Gasteiger partial charge in [-0.05, 0) is 59.3 Å². The summed E-state index contributed by atoms with van der Waals surface area (Å²) in [5.74, 6) is 0.762. The van der Waals surface area contributed by atoms with E-state index in [0.29, 0.717) is 12.3 Å². The van der Waals surface area contributed by atoms with E-state index in [4.69, 9.17) is 4.74 Å². The van der Waals surface area contributed by atoms with Gasteiger partial charge in [-0.25, -0.2) is 4.79 Å². The maximum atomic E-state index is 11.6. The summed E-state index contributed by atoms with van der Waals surface area (Å²) >= 11 is 0. The zero-order valence-electron chi connectivity index (χ0n) is 11.9. The molecule has 0 bridgehead atoms. The van der Waals surface area contributed by atoms with E-state index in [1.165, 1.54) is 0 Å². The minimum atomic E-state index is -0.448. The summed E-state index contributed by atoms with van der Waals surface area (Å²) in [7, 11) is 0. The van der Waals surface area contributed by atoms with Crippen LogP contribution in [0.5, 0.6) is 0 Å². The van der Waals surface area contributed by atoms with Crippen LogP contribution in [0.1, 0.15) is 59.8 Å². The van der Waals surface area contributed by atoms with Crippen molar-refractivity contribution < 1.29 is 14.3 Å². The Morgan fingerprint density at radius 1 is 1.17 bits per heavy atom. The first-order valence-corrected chi connectivity index (χ1v) is 6.75. The number of hydrogen-bond acceptors (Lipinski definition) is 3. The summed E-state index contributed by atoms with van der Waals surface area (Å²) in [6.07, 6.45) is 4.26. The molecule has 1 rings (SSSR count). The van der Waals surface area contributed by atoms with Crippen LogP contribution in [-0.4, -0.2) is 23.5 Å². The molecule has 4 nitrogen and oxygen atoms in total. The van der Waals surface area contributed by atoms with Gasteiger partial charge in [0.2, 0.25) is 0 Å². The summed E-state index contributed by atoms with van der Waals surface area (Å²) in [4.78, 5) is 22.6. The molecule has 0 saturated heterocycles. The highest BCUT2D eigenvalue weighted by Crippen LogP contribution is 2.27. The number of amides is 1. The van der Waals surface area contributed by atoms with Crippen molar-refractivity contribution in [1.29, 1.82) is 0 Å². The van der Waals surface area contributed by atoms with Gasteiger partial charge in [0.1, 0.15) is 11.4 Å². The minimum absolute atomic E-state index is 0.197. The second kappa shape index (κ2) is 6.21. The molecule has 0 radical (unpaired) electrons. The molecule has 1 fully saturated rings. The number of nitrogens with one attached hydrogen (secondary N) is 1. The van der Waals surface area contributed by atoms with Crippen LogP contribution in [0.15, 0.2) is 0 Å². The Morgan fingerprint density at radius 3 is 2.17 bits per heavy atom. The second-order valence-corrected chi connectivity index (χ2v) is 6.27. The quantitative estimate of drug-likeness (QED) is 0.843. The zero-order chi connectivity index (χ0) is 13.8. The first-order valence-electron chi connectivity index (χ1n) is 6.75. The van der Waals surface area contributed by atoms with E-state index >= 15 is 0 Å². The molecule has 104 valence electrons. The van der Waals surface area contributed by atoms with E-state index in [-0.39, 0.29) is 17.9 Å². The Morgan fingerprint density at radius 2 is 1.72 bits per heavy atom. The maximum absolute atomic E-state index is 11.6. The van der Waals surface area contributed by atoms with Gasteiger partial charge >= 0.3 is 6.09 Å². The number of ether oxygens (including phenoxy) is 1. The number of carbonyl (C=O) groups is 2. The van der Waals surface area contributed by atoms with Gasteiger partial charge in [-0.15, -0.1) is 0 Å². The first-order chi connectivity index (χ1) is 8.26. The SMILES string of the molecule is CC(=O)CC1CCC(NC(=O)OC(C)(C)C)CC1. The van der Waals surface area contributed by atoms with Gasteiger partial charge in [0.25, 0.3) is 0 Å². The fourth-order valence-electron chi connectivity index (χ4n) is 2.39. The van der Waals surface area contributed by atoms with Crippen LogP contribution in [0.2, 0.25) is 0 Å². The van der Waals surface area contributed by atoms with E-state index in [1.807, 2.05) is 20.8 Å². The Hall–Kier alpha value is -1.06. The lowest BCUT2D eigenvalue weighted by Crippen LogP contribution is -2.41.